The highest BCUT2D eigenvalue weighted by Gasteiger charge is 2.33. The average molecular weight is 665 g/mol. The molecule has 0 aromatic heterocycles. The van der Waals surface area contributed by atoms with E-state index < -0.39 is 28.5 Å². The van der Waals surface area contributed by atoms with Crippen molar-refractivity contribution in [3.05, 3.63) is 87.4 Å². The Labute approximate surface area is 255 Å². The van der Waals surface area contributed by atoms with E-state index in [-0.39, 0.29) is 34.1 Å². The normalized spacial score (nSPS) is 12.8. The minimum atomic E-state index is -4.21. The maximum atomic E-state index is 14.0. The predicted molar refractivity (Wildman–Crippen MR) is 166 cm³/mol. The molecular formula is C30H35BrClN3O5S. The maximum absolute atomic E-state index is 14.0. The third-order valence-electron chi connectivity index (χ3n) is 6.72. The first kappa shape index (κ1) is 32.4. The molecule has 3 aromatic rings. The van der Waals surface area contributed by atoms with Crippen molar-refractivity contribution in [1.82, 2.24) is 10.2 Å². The van der Waals surface area contributed by atoms with Gasteiger partial charge in [0.2, 0.25) is 11.8 Å². The van der Waals surface area contributed by atoms with Crippen LogP contribution < -0.4 is 14.4 Å². The molecule has 0 aliphatic heterocycles. The van der Waals surface area contributed by atoms with Crippen molar-refractivity contribution in [3.63, 3.8) is 0 Å². The van der Waals surface area contributed by atoms with Crippen LogP contribution in [0.2, 0.25) is 5.02 Å². The van der Waals surface area contributed by atoms with Gasteiger partial charge in [0.05, 0.1) is 22.7 Å². The molecule has 0 saturated heterocycles. The molecule has 3 rings (SSSR count). The van der Waals surface area contributed by atoms with Gasteiger partial charge in [0, 0.05) is 17.1 Å². The van der Waals surface area contributed by atoms with E-state index in [0.29, 0.717) is 5.75 Å². The number of amides is 2. The fourth-order valence-electron chi connectivity index (χ4n) is 4.06. The second kappa shape index (κ2) is 14.2. The number of carbonyl (C=O) groups is 2. The molecule has 0 aliphatic carbocycles. The van der Waals surface area contributed by atoms with Gasteiger partial charge in [0.25, 0.3) is 10.0 Å². The molecule has 41 heavy (non-hydrogen) atoms. The van der Waals surface area contributed by atoms with Crippen LogP contribution in [-0.4, -0.2) is 50.9 Å². The highest BCUT2D eigenvalue weighted by Crippen LogP contribution is 2.32. The van der Waals surface area contributed by atoms with Gasteiger partial charge in [-0.25, -0.2) is 8.42 Å². The van der Waals surface area contributed by atoms with Crippen molar-refractivity contribution in [2.24, 2.45) is 0 Å². The van der Waals surface area contributed by atoms with Crippen LogP contribution in [0.3, 0.4) is 0 Å². The second-order valence-corrected chi connectivity index (χ2v) is 13.0. The number of hydrogen-bond donors (Lipinski definition) is 1. The first-order chi connectivity index (χ1) is 19.4. The van der Waals surface area contributed by atoms with Gasteiger partial charge in [-0.1, -0.05) is 64.3 Å². The number of nitrogens with one attached hydrogen (secondary N) is 1. The van der Waals surface area contributed by atoms with Crippen molar-refractivity contribution < 1.29 is 22.7 Å². The largest absolute Gasteiger partial charge is 0.495 e. The van der Waals surface area contributed by atoms with Crippen molar-refractivity contribution >= 4 is 55.1 Å². The summed E-state index contributed by atoms with van der Waals surface area (Å²) in [6, 6.07) is 17.3. The Bertz CT molecular complexity index is 1480. The number of aryl methyl sites for hydroxylation is 1. The molecule has 11 heteroatoms. The summed E-state index contributed by atoms with van der Waals surface area (Å²) >= 11 is 9.82. The molecule has 0 saturated carbocycles. The summed E-state index contributed by atoms with van der Waals surface area (Å²) in [4.78, 5) is 28.6. The van der Waals surface area contributed by atoms with Gasteiger partial charge in [-0.3, -0.25) is 13.9 Å². The Balaban J connectivity index is 2.06. The number of rotatable bonds is 12. The smallest absolute Gasteiger partial charge is 0.264 e. The van der Waals surface area contributed by atoms with Gasteiger partial charge in [0.1, 0.15) is 18.3 Å². The highest BCUT2D eigenvalue weighted by atomic mass is 79.9. The standard InChI is InChI=1S/C30H35BrClN3O5S/c1-6-21(3)33-30(37)22(4)34(18-23-8-7-9-24(31)16-23)29(36)19-35(25-12-15-28(40-5)27(32)17-25)41(38,39)26-13-10-20(2)11-14-26/h7-17,21-22H,6,18-19H2,1-5H3,(H,33,37). The quantitative estimate of drug-likeness (QED) is 0.258. The number of benzene rings is 3. The summed E-state index contributed by atoms with van der Waals surface area (Å²) in [5.41, 5.74) is 1.85. The number of hydrogen-bond acceptors (Lipinski definition) is 5. The Morgan fingerprint density at radius 2 is 1.73 bits per heavy atom. The number of anilines is 1. The van der Waals surface area contributed by atoms with Crippen LogP contribution >= 0.6 is 27.5 Å². The first-order valence-corrected chi connectivity index (χ1v) is 15.8. The topological polar surface area (TPSA) is 96.0 Å². The van der Waals surface area contributed by atoms with Crippen molar-refractivity contribution in [2.45, 2.75) is 57.6 Å². The molecule has 8 nitrogen and oxygen atoms in total. The van der Waals surface area contributed by atoms with Crippen LogP contribution in [-0.2, 0) is 26.2 Å². The van der Waals surface area contributed by atoms with E-state index in [2.05, 4.69) is 21.2 Å². The van der Waals surface area contributed by atoms with Crippen LogP contribution in [0.5, 0.6) is 5.75 Å². The Hall–Kier alpha value is -3.08. The lowest BCUT2D eigenvalue weighted by atomic mass is 10.1. The van der Waals surface area contributed by atoms with Crippen LogP contribution in [0.1, 0.15) is 38.3 Å². The molecule has 0 bridgehead atoms. The summed E-state index contributed by atoms with van der Waals surface area (Å²) in [7, 11) is -2.75. The van der Waals surface area contributed by atoms with Gasteiger partial charge in [-0.05, 0) is 75.2 Å². The molecule has 1 N–H and O–H groups in total. The highest BCUT2D eigenvalue weighted by molar-refractivity contribution is 9.10. The molecule has 0 aliphatic rings. The zero-order valence-corrected chi connectivity index (χ0v) is 26.9. The van der Waals surface area contributed by atoms with Crippen LogP contribution in [0.25, 0.3) is 0 Å². The van der Waals surface area contributed by atoms with Crippen LogP contribution in [0.15, 0.2) is 76.1 Å². The van der Waals surface area contributed by atoms with E-state index in [1.807, 2.05) is 45.0 Å². The Morgan fingerprint density at radius 1 is 1.05 bits per heavy atom. The molecule has 0 fully saturated rings. The summed E-state index contributed by atoms with van der Waals surface area (Å²) in [5, 5.41) is 3.11. The van der Waals surface area contributed by atoms with Crippen LogP contribution in [0, 0.1) is 6.92 Å². The third-order valence-corrected chi connectivity index (χ3v) is 9.30. The first-order valence-electron chi connectivity index (χ1n) is 13.1. The summed E-state index contributed by atoms with van der Waals surface area (Å²) in [5.74, 6) is -0.524. The number of methoxy groups -OCH3 is 1. The van der Waals surface area contributed by atoms with Gasteiger partial charge in [-0.2, -0.15) is 0 Å². The maximum Gasteiger partial charge on any atom is 0.264 e. The molecule has 0 spiro atoms. The van der Waals surface area contributed by atoms with E-state index >= 15 is 0 Å². The molecule has 3 aromatic carbocycles. The van der Waals surface area contributed by atoms with E-state index in [4.69, 9.17) is 16.3 Å². The van der Waals surface area contributed by atoms with E-state index in [0.717, 1.165) is 26.3 Å². The van der Waals surface area contributed by atoms with Crippen LogP contribution in [0.4, 0.5) is 5.69 Å². The number of carbonyl (C=O) groups excluding carboxylic acids is 2. The number of halogens is 2. The van der Waals surface area contributed by atoms with Crippen molar-refractivity contribution in [3.8, 4) is 5.75 Å². The number of sulfonamides is 1. The third kappa shape index (κ3) is 8.24. The zero-order valence-electron chi connectivity index (χ0n) is 23.7. The number of nitrogens with zero attached hydrogens (tertiary/aromatic N) is 2. The van der Waals surface area contributed by atoms with E-state index in [1.165, 1.54) is 36.3 Å². The average Bonchev–Trinajstić information content (AvgIpc) is 2.94. The Morgan fingerprint density at radius 3 is 2.32 bits per heavy atom. The van der Waals surface area contributed by atoms with E-state index in [1.54, 1.807) is 25.1 Å². The van der Waals surface area contributed by atoms with Gasteiger partial charge < -0.3 is 15.0 Å². The summed E-state index contributed by atoms with van der Waals surface area (Å²) in [6.07, 6.45) is 0.721. The SMILES string of the molecule is CCC(C)NC(=O)C(C)N(Cc1cccc(Br)c1)C(=O)CN(c1ccc(OC)c(Cl)c1)S(=O)(=O)c1ccc(C)cc1. The monoisotopic (exact) mass is 663 g/mol. The van der Waals surface area contributed by atoms with Gasteiger partial charge in [-0.15, -0.1) is 0 Å². The minimum Gasteiger partial charge on any atom is -0.495 e. The fourth-order valence-corrected chi connectivity index (χ4v) is 6.16. The summed E-state index contributed by atoms with van der Waals surface area (Å²) < 4.78 is 35.0. The molecule has 2 amide bonds. The molecule has 220 valence electrons. The second-order valence-electron chi connectivity index (χ2n) is 9.79. The lowest BCUT2D eigenvalue weighted by Crippen LogP contribution is -2.52. The molecular weight excluding hydrogens is 630 g/mol. The molecule has 2 atom stereocenters. The molecule has 0 radical (unpaired) electrons. The number of ether oxygens (including phenoxy) is 1. The summed E-state index contributed by atoms with van der Waals surface area (Å²) in [6.45, 7) is 6.86. The predicted octanol–water partition coefficient (Wildman–Crippen LogP) is 5.95. The Kier molecular flexibility index (Phi) is 11.2. The minimum absolute atomic E-state index is 0.0175. The lowest BCUT2D eigenvalue weighted by molar-refractivity contribution is -0.139. The molecule has 2 unspecified atom stereocenters. The van der Waals surface area contributed by atoms with Crippen molar-refractivity contribution in [1.29, 1.82) is 0 Å². The van der Waals surface area contributed by atoms with Crippen molar-refractivity contribution in [2.75, 3.05) is 18.0 Å². The van der Waals surface area contributed by atoms with Gasteiger partial charge >= 0.3 is 0 Å². The van der Waals surface area contributed by atoms with Gasteiger partial charge in [0.15, 0.2) is 0 Å². The molecule has 0 heterocycles. The fraction of sp³-hybridized carbons (Fsp3) is 0.333. The zero-order chi connectivity index (χ0) is 30.3. The van der Waals surface area contributed by atoms with E-state index in [9.17, 15) is 18.0 Å². The lowest BCUT2D eigenvalue weighted by Gasteiger charge is -2.32.